The van der Waals surface area contributed by atoms with Gasteiger partial charge < -0.3 is 10.0 Å². The lowest BCUT2D eigenvalue weighted by atomic mass is 10.0. The first kappa shape index (κ1) is 13.9. The summed E-state index contributed by atoms with van der Waals surface area (Å²) in [5, 5.41) is 10.2. The smallest absolute Gasteiger partial charge is 0.253 e. The van der Waals surface area contributed by atoms with E-state index in [9.17, 15) is 18.7 Å². The second-order valence-corrected chi connectivity index (χ2v) is 5.22. The number of halogens is 2. The van der Waals surface area contributed by atoms with Crippen LogP contribution in [-0.2, 0) is 0 Å². The Morgan fingerprint density at radius 1 is 1.32 bits per heavy atom. The Morgan fingerprint density at radius 3 is 2.53 bits per heavy atom. The fraction of sp³-hybridized carbons (Fsp3) is 0.500. The maximum absolute atomic E-state index is 13.1. The van der Waals surface area contributed by atoms with Crippen LogP contribution in [0, 0.1) is 11.6 Å². The summed E-state index contributed by atoms with van der Waals surface area (Å²) >= 11 is 0. The lowest BCUT2D eigenvalue weighted by Gasteiger charge is -2.28. The van der Waals surface area contributed by atoms with Crippen molar-refractivity contribution in [2.75, 3.05) is 13.6 Å². The monoisotopic (exact) mass is 269 g/mol. The number of aliphatic hydroxyl groups is 1. The van der Waals surface area contributed by atoms with Gasteiger partial charge in [-0.15, -0.1) is 0 Å². The number of carbonyl (C=O) groups is 1. The Bertz CT molecular complexity index is 484. The number of benzene rings is 1. The van der Waals surface area contributed by atoms with Crippen LogP contribution in [0.2, 0.25) is 0 Å². The summed E-state index contributed by atoms with van der Waals surface area (Å²) in [6.07, 6.45) is 3.23. The van der Waals surface area contributed by atoms with E-state index in [0.29, 0.717) is 12.8 Å². The van der Waals surface area contributed by atoms with Crippen LogP contribution in [0.3, 0.4) is 0 Å². The fourth-order valence-corrected chi connectivity index (χ4v) is 2.55. The summed E-state index contributed by atoms with van der Waals surface area (Å²) in [6.45, 7) is 0.213. The summed E-state index contributed by atoms with van der Waals surface area (Å²) in [6, 6.07) is 3.06. The molecule has 1 N–H and O–H groups in total. The molecule has 0 spiro atoms. The van der Waals surface area contributed by atoms with Crippen molar-refractivity contribution in [2.24, 2.45) is 0 Å². The molecule has 1 fully saturated rings. The third-order valence-corrected chi connectivity index (χ3v) is 3.58. The second kappa shape index (κ2) is 5.25. The number of rotatable bonds is 3. The van der Waals surface area contributed by atoms with Crippen LogP contribution in [0.5, 0.6) is 0 Å². The highest BCUT2D eigenvalue weighted by atomic mass is 19.2. The molecule has 19 heavy (non-hydrogen) atoms. The molecule has 2 rings (SSSR count). The minimum absolute atomic E-state index is 0.0861. The van der Waals surface area contributed by atoms with E-state index in [2.05, 4.69) is 0 Å². The molecule has 1 aliphatic carbocycles. The zero-order valence-corrected chi connectivity index (χ0v) is 10.8. The Kier molecular flexibility index (Phi) is 3.85. The van der Waals surface area contributed by atoms with E-state index in [4.69, 9.17) is 0 Å². The minimum Gasteiger partial charge on any atom is -0.388 e. The summed E-state index contributed by atoms with van der Waals surface area (Å²) in [5.74, 6) is -2.44. The summed E-state index contributed by atoms with van der Waals surface area (Å²) in [5.41, 5.74) is -0.758. The van der Waals surface area contributed by atoms with Gasteiger partial charge in [0.1, 0.15) is 0 Å². The van der Waals surface area contributed by atoms with Crippen LogP contribution < -0.4 is 0 Å². The molecule has 104 valence electrons. The van der Waals surface area contributed by atoms with Gasteiger partial charge in [-0.25, -0.2) is 8.78 Å². The van der Waals surface area contributed by atoms with Gasteiger partial charge in [0.15, 0.2) is 11.6 Å². The normalized spacial score (nSPS) is 17.5. The van der Waals surface area contributed by atoms with Crippen molar-refractivity contribution in [3.8, 4) is 0 Å². The van der Waals surface area contributed by atoms with Crippen molar-refractivity contribution >= 4 is 5.91 Å². The molecule has 0 saturated heterocycles. The van der Waals surface area contributed by atoms with Gasteiger partial charge in [0.05, 0.1) is 5.60 Å². The van der Waals surface area contributed by atoms with Crippen molar-refractivity contribution in [3.63, 3.8) is 0 Å². The van der Waals surface area contributed by atoms with Crippen molar-refractivity contribution < 1.29 is 18.7 Å². The van der Waals surface area contributed by atoms with Crippen molar-refractivity contribution in [1.82, 2.24) is 4.90 Å². The molecule has 1 aromatic rings. The van der Waals surface area contributed by atoms with Gasteiger partial charge in [-0.2, -0.15) is 0 Å². The largest absolute Gasteiger partial charge is 0.388 e. The highest BCUT2D eigenvalue weighted by Gasteiger charge is 2.33. The molecule has 1 aliphatic rings. The summed E-state index contributed by atoms with van der Waals surface area (Å²) in [7, 11) is 1.56. The van der Waals surface area contributed by atoms with Crippen LogP contribution in [0.1, 0.15) is 36.0 Å². The fourth-order valence-electron chi connectivity index (χ4n) is 2.55. The van der Waals surface area contributed by atoms with E-state index in [-0.39, 0.29) is 12.1 Å². The van der Waals surface area contributed by atoms with Gasteiger partial charge in [-0.05, 0) is 31.0 Å². The van der Waals surface area contributed by atoms with Gasteiger partial charge >= 0.3 is 0 Å². The van der Waals surface area contributed by atoms with Gasteiger partial charge in [0.25, 0.3) is 5.91 Å². The third kappa shape index (κ3) is 3.10. The molecule has 0 aliphatic heterocycles. The summed E-state index contributed by atoms with van der Waals surface area (Å²) < 4.78 is 25.9. The molecule has 0 bridgehead atoms. The molecule has 1 aromatic carbocycles. The van der Waals surface area contributed by atoms with E-state index in [1.807, 2.05) is 0 Å². The first-order valence-corrected chi connectivity index (χ1v) is 6.34. The molecule has 0 unspecified atom stereocenters. The van der Waals surface area contributed by atoms with E-state index in [0.717, 1.165) is 25.0 Å². The average Bonchev–Trinajstić information content (AvgIpc) is 2.78. The average molecular weight is 269 g/mol. The maximum atomic E-state index is 13.1. The lowest BCUT2D eigenvalue weighted by molar-refractivity contribution is 0.0156. The number of likely N-dealkylation sites (N-methyl/N-ethyl adjacent to an activating group) is 1. The van der Waals surface area contributed by atoms with Gasteiger partial charge in [-0.1, -0.05) is 12.8 Å². The van der Waals surface area contributed by atoms with Crippen molar-refractivity contribution in [3.05, 3.63) is 35.4 Å². The standard InChI is InChI=1S/C14H17F2NO2/c1-17(9-14(19)6-2-3-7-14)13(18)10-4-5-11(15)12(16)8-10/h4-5,8,19H,2-3,6-7,9H2,1H3. The van der Waals surface area contributed by atoms with Crippen LogP contribution in [0.25, 0.3) is 0 Å². The predicted molar refractivity (Wildman–Crippen MR) is 66.7 cm³/mol. The quantitative estimate of drug-likeness (QED) is 0.915. The Morgan fingerprint density at radius 2 is 1.95 bits per heavy atom. The number of amides is 1. The molecule has 0 heterocycles. The molecule has 0 atom stereocenters. The van der Waals surface area contributed by atoms with Crippen LogP contribution in [0.4, 0.5) is 8.78 Å². The number of carbonyl (C=O) groups excluding carboxylic acids is 1. The lowest BCUT2D eigenvalue weighted by Crippen LogP contribution is -2.42. The Labute approximate surface area is 110 Å². The van der Waals surface area contributed by atoms with E-state index < -0.39 is 23.1 Å². The molecule has 3 nitrogen and oxygen atoms in total. The van der Waals surface area contributed by atoms with Crippen LogP contribution in [-0.4, -0.2) is 35.1 Å². The van der Waals surface area contributed by atoms with E-state index >= 15 is 0 Å². The van der Waals surface area contributed by atoms with E-state index in [1.165, 1.54) is 11.0 Å². The maximum Gasteiger partial charge on any atom is 0.253 e. The van der Waals surface area contributed by atoms with Crippen molar-refractivity contribution in [2.45, 2.75) is 31.3 Å². The number of nitrogens with zero attached hydrogens (tertiary/aromatic N) is 1. The molecule has 0 radical (unpaired) electrons. The number of hydrogen-bond donors (Lipinski definition) is 1. The second-order valence-electron chi connectivity index (χ2n) is 5.22. The Balaban J connectivity index is 2.08. The minimum atomic E-state index is -1.04. The SMILES string of the molecule is CN(CC1(O)CCCC1)C(=O)c1ccc(F)c(F)c1. The molecule has 1 saturated carbocycles. The van der Waals surface area contributed by atoms with Crippen LogP contribution >= 0.6 is 0 Å². The highest BCUT2D eigenvalue weighted by Crippen LogP contribution is 2.30. The van der Waals surface area contributed by atoms with Gasteiger partial charge in [-0.3, -0.25) is 4.79 Å². The van der Waals surface area contributed by atoms with Gasteiger partial charge in [0, 0.05) is 19.2 Å². The molecular formula is C14H17F2NO2. The molecular weight excluding hydrogens is 252 g/mol. The molecule has 5 heteroatoms. The number of hydrogen-bond acceptors (Lipinski definition) is 2. The zero-order chi connectivity index (χ0) is 14.0. The van der Waals surface area contributed by atoms with Crippen molar-refractivity contribution in [1.29, 1.82) is 0 Å². The Hall–Kier alpha value is -1.49. The summed E-state index contributed by atoms with van der Waals surface area (Å²) in [4.78, 5) is 13.4. The highest BCUT2D eigenvalue weighted by molar-refractivity contribution is 5.94. The first-order valence-electron chi connectivity index (χ1n) is 6.34. The third-order valence-electron chi connectivity index (χ3n) is 3.58. The predicted octanol–water partition coefficient (Wildman–Crippen LogP) is 2.34. The first-order chi connectivity index (χ1) is 8.91. The van der Waals surface area contributed by atoms with Gasteiger partial charge in [0.2, 0.25) is 0 Å². The topological polar surface area (TPSA) is 40.5 Å². The van der Waals surface area contributed by atoms with Crippen LogP contribution in [0.15, 0.2) is 18.2 Å². The molecule has 0 aromatic heterocycles. The molecule has 1 amide bonds. The zero-order valence-electron chi connectivity index (χ0n) is 10.8. The van der Waals surface area contributed by atoms with E-state index in [1.54, 1.807) is 7.05 Å².